The van der Waals surface area contributed by atoms with Gasteiger partial charge >= 0.3 is 6.18 Å². The first-order valence-electron chi connectivity index (χ1n) is 7.05. The summed E-state index contributed by atoms with van der Waals surface area (Å²) in [5.41, 5.74) is 5.66. The lowest BCUT2D eigenvalue weighted by Gasteiger charge is -2.12. The fourth-order valence-electron chi connectivity index (χ4n) is 2.63. The summed E-state index contributed by atoms with van der Waals surface area (Å²) in [5, 5.41) is 2.78. The van der Waals surface area contributed by atoms with Crippen LogP contribution in [0.15, 0.2) is 24.3 Å². The Hall–Kier alpha value is -1.27. The molecule has 3 N–H and O–H groups in total. The van der Waals surface area contributed by atoms with Gasteiger partial charge in [-0.3, -0.25) is 4.79 Å². The van der Waals surface area contributed by atoms with Crippen LogP contribution in [0, 0.1) is 5.92 Å². The minimum absolute atomic E-state index is 0. The van der Waals surface area contributed by atoms with Crippen LogP contribution in [0.2, 0.25) is 0 Å². The van der Waals surface area contributed by atoms with Crippen molar-refractivity contribution in [1.82, 2.24) is 5.32 Å². The van der Waals surface area contributed by atoms with Gasteiger partial charge in [-0.15, -0.1) is 12.4 Å². The predicted molar refractivity (Wildman–Crippen MR) is 80.7 cm³/mol. The summed E-state index contributed by atoms with van der Waals surface area (Å²) in [6, 6.07) is 5.27. The summed E-state index contributed by atoms with van der Waals surface area (Å²) in [5.74, 6) is -0.101. The predicted octanol–water partition coefficient (Wildman–Crippen LogP) is 2.91. The van der Waals surface area contributed by atoms with Crippen molar-refractivity contribution in [3.8, 4) is 0 Å². The molecule has 1 aromatic rings. The Morgan fingerprint density at radius 1 is 1.32 bits per heavy atom. The monoisotopic (exact) mass is 336 g/mol. The van der Waals surface area contributed by atoms with Crippen molar-refractivity contribution in [1.29, 1.82) is 0 Å². The van der Waals surface area contributed by atoms with Crippen molar-refractivity contribution in [2.75, 3.05) is 6.54 Å². The van der Waals surface area contributed by atoms with Crippen LogP contribution < -0.4 is 11.1 Å². The first kappa shape index (κ1) is 18.8. The number of carbonyl (C=O) groups is 1. The number of nitrogens with one attached hydrogen (secondary N) is 1. The molecule has 1 amide bonds. The largest absolute Gasteiger partial charge is 0.416 e. The van der Waals surface area contributed by atoms with E-state index >= 15 is 0 Å². The van der Waals surface area contributed by atoms with Crippen LogP contribution in [-0.2, 0) is 17.4 Å². The minimum Gasteiger partial charge on any atom is -0.356 e. The minimum atomic E-state index is -4.33. The number of amides is 1. The molecule has 1 aliphatic rings. The van der Waals surface area contributed by atoms with Crippen LogP contribution in [0.1, 0.15) is 30.4 Å². The van der Waals surface area contributed by atoms with Crippen molar-refractivity contribution in [3.05, 3.63) is 35.4 Å². The van der Waals surface area contributed by atoms with E-state index in [2.05, 4.69) is 5.32 Å². The molecule has 22 heavy (non-hydrogen) atoms. The zero-order valence-corrected chi connectivity index (χ0v) is 12.8. The molecule has 1 fully saturated rings. The highest BCUT2D eigenvalue weighted by Crippen LogP contribution is 2.29. The van der Waals surface area contributed by atoms with Gasteiger partial charge in [-0.05, 0) is 37.3 Å². The molecule has 0 heterocycles. The first-order chi connectivity index (χ1) is 9.86. The molecule has 7 heteroatoms. The molecule has 2 rings (SSSR count). The van der Waals surface area contributed by atoms with E-state index in [-0.39, 0.29) is 30.3 Å². The van der Waals surface area contributed by atoms with E-state index in [0.717, 1.165) is 25.0 Å². The van der Waals surface area contributed by atoms with E-state index in [0.29, 0.717) is 24.9 Å². The van der Waals surface area contributed by atoms with Gasteiger partial charge in [0.1, 0.15) is 0 Å². The van der Waals surface area contributed by atoms with Gasteiger partial charge in [0.25, 0.3) is 0 Å². The fourth-order valence-corrected chi connectivity index (χ4v) is 2.63. The number of hydrogen-bond acceptors (Lipinski definition) is 2. The first-order valence-corrected chi connectivity index (χ1v) is 7.05. The fraction of sp³-hybridized carbons (Fsp3) is 0.533. The average molecular weight is 337 g/mol. The molecule has 1 aliphatic carbocycles. The van der Waals surface area contributed by atoms with Crippen molar-refractivity contribution >= 4 is 18.3 Å². The average Bonchev–Trinajstić information content (AvgIpc) is 2.85. The summed E-state index contributed by atoms with van der Waals surface area (Å²) in [7, 11) is 0. The number of halogens is 4. The van der Waals surface area contributed by atoms with Gasteiger partial charge in [0, 0.05) is 18.5 Å². The molecule has 1 saturated carbocycles. The number of alkyl halides is 3. The summed E-state index contributed by atoms with van der Waals surface area (Å²) in [6.45, 7) is 0.339. The van der Waals surface area contributed by atoms with Gasteiger partial charge in [0.2, 0.25) is 5.91 Å². The molecular weight excluding hydrogens is 317 g/mol. The Morgan fingerprint density at radius 2 is 2.05 bits per heavy atom. The molecule has 124 valence electrons. The van der Waals surface area contributed by atoms with Gasteiger partial charge < -0.3 is 11.1 Å². The highest BCUT2D eigenvalue weighted by molar-refractivity contribution is 5.85. The lowest BCUT2D eigenvalue weighted by Crippen LogP contribution is -2.31. The second-order valence-corrected chi connectivity index (χ2v) is 5.51. The smallest absolute Gasteiger partial charge is 0.356 e. The Balaban J connectivity index is 0.00000242. The molecule has 0 spiro atoms. The number of carbonyl (C=O) groups excluding carboxylic acids is 1. The van der Waals surface area contributed by atoms with Crippen LogP contribution in [-0.4, -0.2) is 18.5 Å². The maximum absolute atomic E-state index is 12.6. The molecule has 0 saturated heterocycles. The Labute approximate surface area is 133 Å². The Kier molecular flexibility index (Phi) is 6.68. The summed E-state index contributed by atoms with van der Waals surface area (Å²) in [4.78, 5) is 11.9. The third-order valence-electron chi connectivity index (χ3n) is 3.81. The van der Waals surface area contributed by atoms with Gasteiger partial charge in [-0.2, -0.15) is 13.2 Å². The highest BCUT2D eigenvalue weighted by atomic mass is 35.5. The molecule has 3 nitrogen and oxygen atoms in total. The topological polar surface area (TPSA) is 55.1 Å². The third kappa shape index (κ3) is 5.18. The zero-order valence-electron chi connectivity index (χ0n) is 12.0. The lowest BCUT2D eigenvalue weighted by atomic mass is 10.1. The van der Waals surface area contributed by atoms with Crippen LogP contribution >= 0.6 is 12.4 Å². The van der Waals surface area contributed by atoms with Gasteiger partial charge in [-0.25, -0.2) is 0 Å². The molecule has 0 unspecified atom stereocenters. The van der Waals surface area contributed by atoms with E-state index in [9.17, 15) is 18.0 Å². The van der Waals surface area contributed by atoms with E-state index < -0.39 is 11.7 Å². The van der Waals surface area contributed by atoms with E-state index in [1.807, 2.05) is 0 Å². The number of rotatable bonds is 4. The highest BCUT2D eigenvalue weighted by Gasteiger charge is 2.30. The number of nitrogens with two attached hydrogens (primary N) is 1. The summed E-state index contributed by atoms with van der Waals surface area (Å²) < 4.78 is 37.7. The van der Waals surface area contributed by atoms with Crippen LogP contribution in [0.3, 0.4) is 0 Å². The standard InChI is InChI=1S/C15H19F3N2O.ClH/c16-15(17,18)12-3-1-2-10(8-12)6-7-20-14(21)11-4-5-13(19)9-11;/h1-3,8,11,13H,4-7,9,19H2,(H,20,21);1H/t11-,13+;/m0./s1. The summed E-state index contributed by atoms with van der Waals surface area (Å²) >= 11 is 0. The molecular formula is C15H20ClF3N2O. The quantitative estimate of drug-likeness (QED) is 0.888. The molecule has 0 radical (unpaired) electrons. The lowest BCUT2D eigenvalue weighted by molar-refractivity contribution is -0.137. The van der Waals surface area contributed by atoms with Gasteiger partial charge in [0.15, 0.2) is 0 Å². The molecule has 0 aliphatic heterocycles. The van der Waals surface area contributed by atoms with Crippen molar-refractivity contribution < 1.29 is 18.0 Å². The third-order valence-corrected chi connectivity index (χ3v) is 3.81. The van der Waals surface area contributed by atoms with E-state index in [1.165, 1.54) is 6.07 Å². The second-order valence-electron chi connectivity index (χ2n) is 5.51. The van der Waals surface area contributed by atoms with E-state index in [4.69, 9.17) is 5.73 Å². The van der Waals surface area contributed by atoms with Crippen LogP contribution in [0.25, 0.3) is 0 Å². The van der Waals surface area contributed by atoms with Crippen molar-refractivity contribution in [2.24, 2.45) is 11.7 Å². The number of hydrogen-bond donors (Lipinski definition) is 2. The Morgan fingerprint density at radius 3 is 2.64 bits per heavy atom. The normalized spacial score (nSPS) is 21.3. The second kappa shape index (κ2) is 7.83. The molecule has 1 aromatic carbocycles. The maximum atomic E-state index is 12.6. The SMILES string of the molecule is Cl.N[C@@H]1CC[C@H](C(=O)NCCc2cccc(C(F)(F)F)c2)C1. The van der Waals surface area contributed by atoms with Crippen molar-refractivity contribution in [3.63, 3.8) is 0 Å². The van der Waals surface area contributed by atoms with Crippen LogP contribution in [0.4, 0.5) is 13.2 Å². The van der Waals surface area contributed by atoms with E-state index in [1.54, 1.807) is 6.07 Å². The van der Waals surface area contributed by atoms with Crippen LogP contribution in [0.5, 0.6) is 0 Å². The molecule has 2 atom stereocenters. The molecule has 0 bridgehead atoms. The van der Waals surface area contributed by atoms with Gasteiger partial charge in [-0.1, -0.05) is 18.2 Å². The summed E-state index contributed by atoms with van der Waals surface area (Å²) in [6.07, 6.45) is -1.62. The Bertz CT molecular complexity index is 508. The van der Waals surface area contributed by atoms with Gasteiger partial charge in [0.05, 0.1) is 5.56 Å². The van der Waals surface area contributed by atoms with Crippen molar-refractivity contribution in [2.45, 2.75) is 37.9 Å². The number of benzene rings is 1. The maximum Gasteiger partial charge on any atom is 0.416 e. The zero-order chi connectivity index (χ0) is 15.5. The molecule has 0 aromatic heterocycles.